The summed E-state index contributed by atoms with van der Waals surface area (Å²) in [5.41, 5.74) is -0.930. The minimum Gasteiger partial charge on any atom is -0.321 e. The van der Waals surface area contributed by atoms with Gasteiger partial charge in [-0.25, -0.2) is 0 Å². The average molecular weight is 385 g/mol. The van der Waals surface area contributed by atoms with Crippen molar-refractivity contribution in [2.45, 2.75) is 6.18 Å². The third-order valence-electron chi connectivity index (χ3n) is 3.08. The Kier molecular flexibility index (Phi) is 5.73. The zero-order valence-corrected chi connectivity index (χ0v) is 13.9. The van der Waals surface area contributed by atoms with Crippen LogP contribution in [0.5, 0.6) is 0 Å². The van der Waals surface area contributed by atoms with E-state index in [-0.39, 0.29) is 16.3 Å². The zero-order chi connectivity index (χ0) is 18.6. The molecule has 0 spiro atoms. The van der Waals surface area contributed by atoms with Crippen LogP contribution in [0, 0.1) is 11.3 Å². The van der Waals surface area contributed by atoms with Gasteiger partial charge in [-0.15, -0.1) is 0 Å². The van der Waals surface area contributed by atoms with Gasteiger partial charge in [-0.2, -0.15) is 18.4 Å². The van der Waals surface area contributed by atoms with Crippen LogP contribution in [0.4, 0.5) is 18.9 Å². The number of nitrogens with zero attached hydrogens (tertiary/aromatic N) is 1. The molecule has 0 radical (unpaired) electrons. The summed E-state index contributed by atoms with van der Waals surface area (Å²) in [5, 5.41) is 12.0. The first-order valence-corrected chi connectivity index (χ1v) is 7.52. The SMILES string of the molecule is N#C/C(=C\c1ccc(Cl)cc1Cl)C(=O)Nc1cccc(C(F)(F)F)c1. The molecule has 0 atom stereocenters. The summed E-state index contributed by atoms with van der Waals surface area (Å²) >= 11 is 11.7. The Labute approximate surface area is 151 Å². The topological polar surface area (TPSA) is 52.9 Å². The maximum Gasteiger partial charge on any atom is 0.416 e. The number of hydrogen-bond donors (Lipinski definition) is 1. The number of benzene rings is 2. The van der Waals surface area contributed by atoms with Crippen LogP contribution in [-0.4, -0.2) is 5.91 Å². The Balaban J connectivity index is 2.26. The minimum atomic E-state index is -4.54. The highest BCUT2D eigenvalue weighted by Gasteiger charge is 2.30. The smallest absolute Gasteiger partial charge is 0.321 e. The molecule has 1 N–H and O–H groups in total. The van der Waals surface area contributed by atoms with Gasteiger partial charge in [0.15, 0.2) is 0 Å². The van der Waals surface area contributed by atoms with Crippen molar-refractivity contribution in [1.29, 1.82) is 5.26 Å². The highest BCUT2D eigenvalue weighted by molar-refractivity contribution is 6.35. The third kappa shape index (κ3) is 4.99. The van der Waals surface area contributed by atoms with Gasteiger partial charge < -0.3 is 5.32 Å². The Hall–Kier alpha value is -2.49. The fourth-order valence-electron chi connectivity index (χ4n) is 1.89. The maximum atomic E-state index is 12.7. The van der Waals surface area contributed by atoms with Crippen LogP contribution in [0.3, 0.4) is 0 Å². The van der Waals surface area contributed by atoms with E-state index in [1.54, 1.807) is 6.07 Å². The molecule has 128 valence electrons. The number of carbonyl (C=O) groups excluding carboxylic acids is 1. The molecule has 1 amide bonds. The first-order valence-electron chi connectivity index (χ1n) is 6.76. The van der Waals surface area contributed by atoms with Crippen LogP contribution < -0.4 is 5.32 Å². The van der Waals surface area contributed by atoms with Crippen LogP contribution in [0.1, 0.15) is 11.1 Å². The molecule has 0 aliphatic heterocycles. The van der Waals surface area contributed by atoms with Crippen LogP contribution in [0.2, 0.25) is 10.0 Å². The molecule has 0 saturated heterocycles. The van der Waals surface area contributed by atoms with E-state index in [2.05, 4.69) is 5.32 Å². The van der Waals surface area contributed by atoms with E-state index in [0.29, 0.717) is 10.6 Å². The van der Waals surface area contributed by atoms with E-state index >= 15 is 0 Å². The van der Waals surface area contributed by atoms with Crippen molar-refractivity contribution >= 4 is 40.9 Å². The second kappa shape index (κ2) is 7.60. The summed E-state index contributed by atoms with van der Waals surface area (Å²) in [6.45, 7) is 0. The predicted molar refractivity (Wildman–Crippen MR) is 90.1 cm³/mol. The van der Waals surface area contributed by atoms with Crippen molar-refractivity contribution in [1.82, 2.24) is 0 Å². The summed E-state index contributed by atoms with van der Waals surface area (Å²) < 4.78 is 38.1. The Morgan fingerprint density at radius 1 is 1.16 bits per heavy atom. The van der Waals surface area contributed by atoms with Gasteiger partial charge >= 0.3 is 6.18 Å². The number of nitriles is 1. The van der Waals surface area contributed by atoms with Crippen molar-refractivity contribution in [3.8, 4) is 6.07 Å². The number of anilines is 1. The van der Waals surface area contributed by atoms with Crippen molar-refractivity contribution in [3.63, 3.8) is 0 Å². The molecule has 0 bridgehead atoms. The number of rotatable bonds is 3. The first-order chi connectivity index (χ1) is 11.7. The second-order valence-electron chi connectivity index (χ2n) is 4.87. The highest BCUT2D eigenvalue weighted by Crippen LogP contribution is 2.30. The van der Waals surface area contributed by atoms with Crippen molar-refractivity contribution in [2.24, 2.45) is 0 Å². The van der Waals surface area contributed by atoms with Crippen LogP contribution in [0.15, 0.2) is 48.0 Å². The number of amides is 1. The first kappa shape index (κ1) is 18.8. The number of hydrogen-bond acceptors (Lipinski definition) is 2. The molecule has 25 heavy (non-hydrogen) atoms. The molecule has 2 aromatic carbocycles. The van der Waals surface area contributed by atoms with E-state index in [1.807, 2.05) is 0 Å². The second-order valence-corrected chi connectivity index (χ2v) is 5.71. The lowest BCUT2D eigenvalue weighted by Crippen LogP contribution is -2.14. The van der Waals surface area contributed by atoms with Gasteiger partial charge in [0.05, 0.1) is 5.56 Å². The molecule has 0 heterocycles. The molecule has 8 heteroatoms. The summed E-state index contributed by atoms with van der Waals surface area (Å²) in [6, 6.07) is 10.3. The summed E-state index contributed by atoms with van der Waals surface area (Å²) in [4.78, 5) is 12.1. The summed E-state index contributed by atoms with van der Waals surface area (Å²) in [7, 11) is 0. The van der Waals surface area contributed by atoms with E-state index in [4.69, 9.17) is 28.5 Å². The fourth-order valence-corrected chi connectivity index (χ4v) is 2.36. The lowest BCUT2D eigenvalue weighted by Gasteiger charge is -2.09. The number of alkyl halides is 3. The summed E-state index contributed by atoms with van der Waals surface area (Å²) in [6.07, 6.45) is -3.31. The van der Waals surface area contributed by atoms with Gasteiger partial charge in [-0.1, -0.05) is 35.3 Å². The largest absolute Gasteiger partial charge is 0.416 e. The number of nitrogens with one attached hydrogen (secondary N) is 1. The number of carbonyl (C=O) groups is 1. The molecule has 2 aromatic rings. The van der Waals surface area contributed by atoms with Gasteiger partial charge in [0, 0.05) is 15.7 Å². The highest BCUT2D eigenvalue weighted by atomic mass is 35.5. The molecule has 0 aromatic heterocycles. The molecular formula is C17H9Cl2F3N2O. The Bertz CT molecular complexity index is 886. The van der Waals surface area contributed by atoms with E-state index in [1.165, 1.54) is 30.3 Å². The van der Waals surface area contributed by atoms with Gasteiger partial charge in [-0.05, 0) is 42.0 Å². The molecule has 0 aliphatic carbocycles. The predicted octanol–water partition coefficient (Wildman–Crippen LogP) is 5.56. The lowest BCUT2D eigenvalue weighted by molar-refractivity contribution is -0.137. The standard InChI is InChI=1S/C17H9Cl2F3N2O/c18-13-5-4-10(15(19)8-13)6-11(9-23)16(25)24-14-3-1-2-12(7-14)17(20,21)22/h1-8H,(H,24,25)/b11-6+. The van der Waals surface area contributed by atoms with Gasteiger partial charge in [0.2, 0.25) is 0 Å². The Morgan fingerprint density at radius 2 is 1.88 bits per heavy atom. The Morgan fingerprint density at radius 3 is 2.48 bits per heavy atom. The molecule has 3 nitrogen and oxygen atoms in total. The van der Waals surface area contributed by atoms with E-state index in [0.717, 1.165) is 18.2 Å². The monoisotopic (exact) mass is 384 g/mol. The van der Waals surface area contributed by atoms with Gasteiger partial charge in [0.25, 0.3) is 5.91 Å². The lowest BCUT2D eigenvalue weighted by atomic mass is 10.1. The van der Waals surface area contributed by atoms with E-state index < -0.39 is 17.6 Å². The fraction of sp³-hybridized carbons (Fsp3) is 0.0588. The maximum absolute atomic E-state index is 12.7. The van der Waals surface area contributed by atoms with E-state index in [9.17, 15) is 18.0 Å². The molecular weight excluding hydrogens is 376 g/mol. The van der Waals surface area contributed by atoms with Crippen molar-refractivity contribution < 1.29 is 18.0 Å². The molecule has 2 rings (SSSR count). The van der Waals surface area contributed by atoms with Gasteiger partial charge in [0.1, 0.15) is 11.6 Å². The van der Waals surface area contributed by atoms with Crippen LogP contribution in [0.25, 0.3) is 6.08 Å². The van der Waals surface area contributed by atoms with Crippen molar-refractivity contribution in [3.05, 3.63) is 69.2 Å². The van der Waals surface area contributed by atoms with Crippen LogP contribution in [-0.2, 0) is 11.0 Å². The molecule has 0 aliphatic rings. The molecule has 0 unspecified atom stereocenters. The van der Waals surface area contributed by atoms with Crippen LogP contribution >= 0.6 is 23.2 Å². The third-order valence-corrected chi connectivity index (χ3v) is 3.64. The quantitative estimate of drug-likeness (QED) is 0.556. The summed E-state index contributed by atoms with van der Waals surface area (Å²) in [5.74, 6) is -0.854. The molecule has 0 saturated carbocycles. The zero-order valence-electron chi connectivity index (χ0n) is 12.4. The minimum absolute atomic E-state index is 0.0804. The van der Waals surface area contributed by atoms with Crippen molar-refractivity contribution in [2.75, 3.05) is 5.32 Å². The molecule has 0 fully saturated rings. The normalized spacial score (nSPS) is 11.8. The average Bonchev–Trinajstić information content (AvgIpc) is 2.53. The number of halogens is 5. The van der Waals surface area contributed by atoms with Gasteiger partial charge in [-0.3, -0.25) is 4.79 Å².